The molecule has 88 valence electrons. The van der Waals surface area contributed by atoms with E-state index >= 15 is 0 Å². The Labute approximate surface area is 98.4 Å². The van der Waals surface area contributed by atoms with Crippen molar-refractivity contribution in [1.82, 2.24) is 4.57 Å². The first-order chi connectivity index (χ1) is 8.27. The van der Waals surface area contributed by atoms with Gasteiger partial charge in [-0.2, -0.15) is 0 Å². The Balaban J connectivity index is 2.20. The number of benzene rings is 1. The van der Waals surface area contributed by atoms with Gasteiger partial charge >= 0.3 is 5.97 Å². The van der Waals surface area contributed by atoms with Crippen LogP contribution in [0.25, 0.3) is 10.9 Å². The van der Waals surface area contributed by atoms with Gasteiger partial charge in [-0.25, -0.2) is 4.79 Å². The van der Waals surface area contributed by atoms with Crippen molar-refractivity contribution in [2.45, 2.75) is 12.5 Å². The Morgan fingerprint density at radius 3 is 2.94 bits per heavy atom. The Bertz CT molecular complexity index is 567. The van der Waals surface area contributed by atoms with Crippen LogP contribution in [0.2, 0.25) is 0 Å². The van der Waals surface area contributed by atoms with Gasteiger partial charge in [0.25, 0.3) is 0 Å². The van der Waals surface area contributed by atoms with Gasteiger partial charge in [0.15, 0.2) is 0 Å². The second-order valence-electron chi connectivity index (χ2n) is 4.29. The molecule has 0 bridgehead atoms. The lowest BCUT2D eigenvalue weighted by Crippen LogP contribution is -2.07. The molecule has 4 heteroatoms. The molecule has 1 aliphatic heterocycles. The largest absolute Gasteiger partial charge is 0.478 e. The second kappa shape index (κ2) is 3.89. The number of carboxylic acid groups (broad SMARTS) is 1. The van der Waals surface area contributed by atoms with Gasteiger partial charge in [-0.15, -0.1) is 0 Å². The van der Waals surface area contributed by atoms with Crippen molar-refractivity contribution >= 4 is 16.9 Å². The summed E-state index contributed by atoms with van der Waals surface area (Å²) in [4.78, 5) is 11.2. The SMILES string of the molecule is O=C(O)c1cn([C@@H]2CCOC2)c2ccccc12. The lowest BCUT2D eigenvalue weighted by atomic mass is 10.2. The quantitative estimate of drug-likeness (QED) is 0.862. The fourth-order valence-corrected chi connectivity index (χ4v) is 2.42. The van der Waals surface area contributed by atoms with Gasteiger partial charge in [0.2, 0.25) is 0 Å². The van der Waals surface area contributed by atoms with E-state index in [0.29, 0.717) is 12.2 Å². The van der Waals surface area contributed by atoms with E-state index in [-0.39, 0.29) is 6.04 Å². The van der Waals surface area contributed by atoms with Crippen LogP contribution in [0, 0.1) is 0 Å². The summed E-state index contributed by atoms with van der Waals surface area (Å²) in [5, 5.41) is 9.99. The first kappa shape index (κ1) is 10.4. The van der Waals surface area contributed by atoms with Crippen molar-refractivity contribution < 1.29 is 14.6 Å². The minimum absolute atomic E-state index is 0.257. The number of hydrogen-bond acceptors (Lipinski definition) is 2. The minimum Gasteiger partial charge on any atom is -0.478 e. The van der Waals surface area contributed by atoms with Gasteiger partial charge < -0.3 is 14.4 Å². The van der Waals surface area contributed by atoms with Crippen LogP contribution < -0.4 is 0 Å². The molecule has 17 heavy (non-hydrogen) atoms. The first-order valence-corrected chi connectivity index (χ1v) is 5.68. The Hall–Kier alpha value is -1.81. The molecule has 1 aliphatic rings. The molecule has 3 rings (SSSR count). The number of aromatic nitrogens is 1. The summed E-state index contributed by atoms with van der Waals surface area (Å²) in [5.41, 5.74) is 1.34. The maximum absolute atomic E-state index is 11.2. The number of para-hydroxylation sites is 1. The Morgan fingerprint density at radius 2 is 2.24 bits per heavy atom. The van der Waals surface area contributed by atoms with Crippen molar-refractivity contribution in [2.75, 3.05) is 13.2 Å². The predicted molar refractivity (Wildman–Crippen MR) is 63.4 cm³/mol. The number of rotatable bonds is 2. The van der Waals surface area contributed by atoms with Gasteiger partial charge in [-0.3, -0.25) is 0 Å². The van der Waals surface area contributed by atoms with Crippen LogP contribution >= 0.6 is 0 Å². The molecule has 1 N–H and O–H groups in total. The summed E-state index contributed by atoms with van der Waals surface area (Å²) in [6.07, 6.45) is 2.67. The zero-order chi connectivity index (χ0) is 11.8. The molecule has 0 aliphatic carbocycles. The summed E-state index contributed by atoms with van der Waals surface area (Å²) in [6.45, 7) is 1.41. The molecule has 0 spiro atoms. The molecule has 0 unspecified atom stereocenters. The topological polar surface area (TPSA) is 51.5 Å². The molecule has 1 aromatic heterocycles. The summed E-state index contributed by atoms with van der Waals surface area (Å²) < 4.78 is 7.40. The summed E-state index contributed by atoms with van der Waals surface area (Å²) in [6, 6.07) is 7.86. The molecule has 0 radical (unpaired) electrons. The molecule has 1 fully saturated rings. The third kappa shape index (κ3) is 1.61. The molecule has 2 heterocycles. The number of carboxylic acids is 1. The average molecular weight is 231 g/mol. The second-order valence-corrected chi connectivity index (χ2v) is 4.29. The fraction of sp³-hybridized carbons (Fsp3) is 0.308. The molecular weight excluding hydrogens is 218 g/mol. The van der Waals surface area contributed by atoms with Crippen molar-refractivity contribution in [3.63, 3.8) is 0 Å². The van der Waals surface area contributed by atoms with E-state index in [2.05, 4.69) is 0 Å². The molecule has 1 saturated heterocycles. The minimum atomic E-state index is -0.876. The van der Waals surface area contributed by atoms with Crippen LogP contribution in [0.1, 0.15) is 22.8 Å². The highest BCUT2D eigenvalue weighted by Gasteiger charge is 2.22. The van der Waals surface area contributed by atoms with Crippen LogP contribution in [0.15, 0.2) is 30.5 Å². The van der Waals surface area contributed by atoms with Gasteiger partial charge in [0.05, 0.1) is 18.2 Å². The molecule has 4 nitrogen and oxygen atoms in total. The number of hydrogen-bond donors (Lipinski definition) is 1. The molecule has 1 aromatic carbocycles. The number of aromatic carboxylic acids is 1. The van der Waals surface area contributed by atoms with Crippen molar-refractivity contribution in [3.05, 3.63) is 36.0 Å². The number of ether oxygens (including phenoxy) is 1. The lowest BCUT2D eigenvalue weighted by Gasteiger charge is -2.11. The van der Waals surface area contributed by atoms with Gasteiger partial charge in [0.1, 0.15) is 0 Å². The lowest BCUT2D eigenvalue weighted by molar-refractivity contribution is 0.0698. The van der Waals surface area contributed by atoms with E-state index in [1.165, 1.54) is 0 Å². The third-order valence-electron chi connectivity index (χ3n) is 3.27. The Kier molecular flexibility index (Phi) is 2.37. The first-order valence-electron chi connectivity index (χ1n) is 5.68. The fourth-order valence-electron chi connectivity index (χ4n) is 2.42. The molecule has 1 atom stereocenters. The number of nitrogens with zero attached hydrogens (tertiary/aromatic N) is 1. The van der Waals surface area contributed by atoms with Crippen LogP contribution in [0.5, 0.6) is 0 Å². The third-order valence-corrected chi connectivity index (χ3v) is 3.27. The normalized spacial score (nSPS) is 19.9. The summed E-state index contributed by atoms with van der Waals surface area (Å²) in [5.74, 6) is -0.876. The van der Waals surface area contributed by atoms with Crippen molar-refractivity contribution in [2.24, 2.45) is 0 Å². The highest BCUT2D eigenvalue weighted by Crippen LogP contribution is 2.28. The van der Waals surface area contributed by atoms with Crippen molar-refractivity contribution in [1.29, 1.82) is 0 Å². The van der Waals surface area contributed by atoms with Crippen molar-refractivity contribution in [3.8, 4) is 0 Å². The average Bonchev–Trinajstić information content (AvgIpc) is 2.95. The summed E-state index contributed by atoms with van der Waals surface area (Å²) in [7, 11) is 0. The van der Waals surface area contributed by atoms with E-state index in [1.54, 1.807) is 6.20 Å². The summed E-state index contributed by atoms with van der Waals surface area (Å²) >= 11 is 0. The number of carbonyl (C=O) groups is 1. The molecule has 0 saturated carbocycles. The van der Waals surface area contributed by atoms with Crippen LogP contribution in [0.4, 0.5) is 0 Å². The van der Waals surface area contributed by atoms with Gasteiger partial charge in [-0.05, 0) is 12.5 Å². The molecular formula is C13H13NO3. The maximum Gasteiger partial charge on any atom is 0.337 e. The van der Waals surface area contributed by atoms with E-state index in [4.69, 9.17) is 4.74 Å². The highest BCUT2D eigenvalue weighted by atomic mass is 16.5. The number of fused-ring (bicyclic) bond motifs is 1. The maximum atomic E-state index is 11.2. The van der Waals surface area contributed by atoms with Gasteiger partial charge in [-0.1, -0.05) is 18.2 Å². The standard InChI is InChI=1S/C13H13NO3/c15-13(16)11-7-14(9-5-6-17-8-9)12-4-2-1-3-10(11)12/h1-4,7,9H,5-6,8H2,(H,15,16)/t9-/m1/s1. The molecule has 2 aromatic rings. The Morgan fingerprint density at radius 1 is 1.41 bits per heavy atom. The zero-order valence-corrected chi connectivity index (χ0v) is 9.30. The zero-order valence-electron chi connectivity index (χ0n) is 9.30. The van der Waals surface area contributed by atoms with E-state index in [1.807, 2.05) is 28.8 Å². The van der Waals surface area contributed by atoms with E-state index < -0.39 is 5.97 Å². The molecule has 0 amide bonds. The van der Waals surface area contributed by atoms with Crippen LogP contribution in [-0.2, 0) is 4.74 Å². The van der Waals surface area contributed by atoms with E-state index in [9.17, 15) is 9.90 Å². The highest BCUT2D eigenvalue weighted by molar-refractivity contribution is 6.03. The van der Waals surface area contributed by atoms with Crippen LogP contribution in [0.3, 0.4) is 0 Å². The monoisotopic (exact) mass is 231 g/mol. The smallest absolute Gasteiger partial charge is 0.337 e. The predicted octanol–water partition coefficient (Wildman–Crippen LogP) is 2.30. The van der Waals surface area contributed by atoms with Gasteiger partial charge in [0, 0.05) is 23.7 Å². The van der Waals surface area contributed by atoms with E-state index in [0.717, 1.165) is 23.9 Å². The van der Waals surface area contributed by atoms with Crippen LogP contribution in [-0.4, -0.2) is 28.9 Å².